The lowest BCUT2D eigenvalue weighted by molar-refractivity contribution is -0.153. The largest absolute Gasteiger partial charge is 0.443 e. The van der Waals surface area contributed by atoms with Crippen LogP contribution in [0.1, 0.15) is 65.9 Å². The Kier molecular flexibility index (Phi) is 10.6. The van der Waals surface area contributed by atoms with Crippen molar-refractivity contribution < 1.29 is 28.9 Å². The van der Waals surface area contributed by atoms with E-state index in [0.717, 1.165) is 31.2 Å². The fraction of sp³-hybridized carbons (Fsp3) is 0.750. The molecule has 0 radical (unpaired) electrons. The summed E-state index contributed by atoms with van der Waals surface area (Å²) in [5, 5.41) is 14.5. The first-order valence-electron chi connectivity index (χ1n) is 15.4. The monoisotopic (exact) mass is 573 g/mol. The van der Waals surface area contributed by atoms with Crippen molar-refractivity contribution in [3.63, 3.8) is 0 Å². The van der Waals surface area contributed by atoms with E-state index in [1.54, 1.807) is 9.80 Å². The average Bonchev–Trinajstić information content (AvgIpc) is 3.22. The highest BCUT2D eigenvalue weighted by Crippen LogP contribution is 2.46. The van der Waals surface area contributed by atoms with E-state index in [2.05, 4.69) is 39.9 Å². The van der Waals surface area contributed by atoms with Crippen LogP contribution in [0.3, 0.4) is 0 Å². The van der Waals surface area contributed by atoms with Crippen molar-refractivity contribution in [3.05, 3.63) is 35.9 Å². The molecule has 1 aliphatic carbocycles. The van der Waals surface area contributed by atoms with Crippen LogP contribution in [0.2, 0.25) is 0 Å². The van der Waals surface area contributed by atoms with Crippen molar-refractivity contribution in [1.29, 1.82) is 0 Å². The number of hydrogen-bond donors (Lipinski definition) is 2. The summed E-state index contributed by atoms with van der Waals surface area (Å²) in [6, 6.07) is 8.99. The molecule has 3 fully saturated rings. The summed E-state index contributed by atoms with van der Waals surface area (Å²) in [6.45, 7) is 12.5. The molecule has 2 N–H and O–H groups in total. The van der Waals surface area contributed by atoms with Crippen LogP contribution >= 0.6 is 0 Å². The molecule has 41 heavy (non-hydrogen) atoms. The minimum absolute atomic E-state index is 0.107. The van der Waals surface area contributed by atoms with Gasteiger partial charge < -0.3 is 34.4 Å². The molecule has 9 nitrogen and oxygen atoms in total. The molecular formula is C32H51N3O6. The van der Waals surface area contributed by atoms with E-state index in [4.69, 9.17) is 14.2 Å². The van der Waals surface area contributed by atoms with Crippen molar-refractivity contribution in [3.8, 4) is 0 Å². The van der Waals surface area contributed by atoms with Crippen molar-refractivity contribution in [2.45, 2.75) is 97.4 Å². The molecule has 4 rings (SSSR count). The van der Waals surface area contributed by atoms with Crippen LogP contribution in [0.15, 0.2) is 30.3 Å². The van der Waals surface area contributed by atoms with Gasteiger partial charge in [-0.2, -0.15) is 0 Å². The number of benzene rings is 1. The Bertz CT molecular complexity index is 991. The summed E-state index contributed by atoms with van der Waals surface area (Å²) in [5.74, 6) is 0.904. The third-order valence-corrected chi connectivity index (χ3v) is 8.63. The third kappa shape index (κ3) is 8.82. The number of aliphatic hydroxyl groups is 1. The van der Waals surface area contributed by atoms with E-state index in [-0.39, 0.29) is 42.4 Å². The quantitative estimate of drug-likeness (QED) is 0.377. The van der Waals surface area contributed by atoms with Gasteiger partial charge in [0, 0.05) is 32.0 Å². The van der Waals surface area contributed by atoms with Crippen LogP contribution in [-0.2, 0) is 20.6 Å². The SMILES string of the molecule is CC(C)CCN(C[C@@H](O)[C@H](Cc1ccccc1)NC(=O)OC1C2COC3OC1CC3C2)C(=O)N(C)CCC(C)(C)C. The van der Waals surface area contributed by atoms with Gasteiger partial charge >= 0.3 is 12.1 Å². The predicted molar refractivity (Wildman–Crippen MR) is 157 cm³/mol. The molecule has 2 aliphatic heterocycles. The van der Waals surface area contributed by atoms with Crippen molar-refractivity contribution >= 4 is 12.1 Å². The van der Waals surface area contributed by atoms with Crippen molar-refractivity contribution in [2.24, 2.45) is 23.2 Å². The van der Waals surface area contributed by atoms with Crippen molar-refractivity contribution in [1.82, 2.24) is 15.1 Å². The number of amides is 3. The second kappa shape index (κ2) is 13.7. The molecule has 3 aliphatic rings. The number of nitrogens with zero attached hydrogens (tertiary/aromatic N) is 2. The molecule has 1 aromatic rings. The molecule has 0 spiro atoms. The summed E-state index contributed by atoms with van der Waals surface area (Å²) in [7, 11) is 1.82. The zero-order valence-corrected chi connectivity index (χ0v) is 25.8. The lowest BCUT2D eigenvalue weighted by Gasteiger charge is -2.37. The van der Waals surface area contributed by atoms with Crippen molar-refractivity contribution in [2.75, 3.05) is 33.3 Å². The Labute approximate surface area is 245 Å². The summed E-state index contributed by atoms with van der Waals surface area (Å²) in [5.41, 5.74) is 1.08. The Morgan fingerprint density at radius 3 is 2.54 bits per heavy atom. The van der Waals surface area contributed by atoms with E-state index < -0.39 is 18.2 Å². The first-order chi connectivity index (χ1) is 19.4. The zero-order chi connectivity index (χ0) is 29.7. The Balaban J connectivity index is 1.44. The fourth-order valence-corrected chi connectivity index (χ4v) is 6.06. The average molecular weight is 574 g/mol. The number of hydrogen-bond acceptors (Lipinski definition) is 6. The smallest absolute Gasteiger partial charge is 0.407 e. The number of nitrogens with one attached hydrogen (secondary N) is 1. The summed E-state index contributed by atoms with van der Waals surface area (Å²) >= 11 is 0. The molecule has 2 heterocycles. The number of alkyl carbamates (subject to hydrolysis) is 1. The van der Waals surface area contributed by atoms with Gasteiger partial charge in [0.1, 0.15) is 6.10 Å². The highest BCUT2D eigenvalue weighted by Gasteiger charge is 2.53. The Morgan fingerprint density at radius 2 is 1.85 bits per heavy atom. The number of ether oxygens (including phenoxy) is 3. The lowest BCUT2D eigenvalue weighted by Crippen LogP contribution is -2.54. The van der Waals surface area contributed by atoms with E-state index in [9.17, 15) is 14.7 Å². The van der Waals surface area contributed by atoms with Gasteiger partial charge in [-0.15, -0.1) is 0 Å². The molecule has 1 aromatic carbocycles. The molecule has 5 unspecified atom stereocenters. The van der Waals surface area contributed by atoms with Gasteiger partial charge in [0.05, 0.1) is 31.4 Å². The van der Waals surface area contributed by atoms with Gasteiger partial charge in [-0.25, -0.2) is 9.59 Å². The minimum atomic E-state index is -0.993. The second-order valence-corrected chi connectivity index (χ2v) is 13.9. The predicted octanol–water partition coefficient (Wildman–Crippen LogP) is 4.67. The maximum atomic E-state index is 13.5. The van der Waals surface area contributed by atoms with E-state index in [1.807, 2.05) is 37.4 Å². The van der Waals surface area contributed by atoms with Gasteiger partial charge in [-0.3, -0.25) is 0 Å². The first kappa shape index (κ1) is 31.6. The molecule has 2 saturated heterocycles. The maximum absolute atomic E-state index is 13.5. The Morgan fingerprint density at radius 1 is 1.12 bits per heavy atom. The van der Waals surface area contributed by atoms with Gasteiger partial charge in [0.25, 0.3) is 0 Å². The lowest BCUT2D eigenvalue weighted by atomic mass is 9.78. The molecular weight excluding hydrogens is 522 g/mol. The molecule has 7 atom stereocenters. The number of aliphatic hydroxyl groups excluding tert-OH is 1. The highest BCUT2D eigenvalue weighted by atomic mass is 16.7. The third-order valence-electron chi connectivity index (χ3n) is 8.63. The van der Waals surface area contributed by atoms with Crippen LogP contribution in [0.4, 0.5) is 9.59 Å². The first-order valence-corrected chi connectivity index (χ1v) is 15.4. The molecule has 1 saturated carbocycles. The maximum Gasteiger partial charge on any atom is 0.407 e. The summed E-state index contributed by atoms with van der Waals surface area (Å²) < 4.78 is 17.8. The number of carbonyl (C=O) groups excluding carboxylic acids is 2. The van der Waals surface area contributed by atoms with Crippen LogP contribution in [0.25, 0.3) is 0 Å². The molecule has 0 aromatic heterocycles. The van der Waals surface area contributed by atoms with Crippen LogP contribution in [-0.4, -0.2) is 91.0 Å². The molecule has 3 amide bonds. The van der Waals surface area contributed by atoms with E-state index in [0.29, 0.717) is 38.0 Å². The number of carbonyl (C=O) groups is 2. The molecule has 230 valence electrons. The number of urea groups is 1. The van der Waals surface area contributed by atoms with Gasteiger partial charge in [-0.05, 0) is 49.0 Å². The van der Waals surface area contributed by atoms with Gasteiger partial charge in [0.15, 0.2) is 6.29 Å². The van der Waals surface area contributed by atoms with E-state index >= 15 is 0 Å². The standard InChI is InChI=1S/C32H51N3O6/c1-21(2)12-14-35(31(38)34(6)15-13-32(3,4)5)19-26(36)25(16-22-10-8-7-9-11-22)33-30(37)41-28-24-17-23-18-27(28)40-29(23)39-20-24/h7-11,21,23-29,36H,12-20H2,1-6H3,(H,33,37)/t23?,24?,25-,26+,27?,28?,29?/m0/s1. The second-order valence-electron chi connectivity index (χ2n) is 13.9. The Hall–Kier alpha value is -2.36. The normalized spacial score (nSPS) is 26.5. The van der Waals surface area contributed by atoms with Crippen LogP contribution in [0.5, 0.6) is 0 Å². The van der Waals surface area contributed by atoms with Gasteiger partial charge in [-0.1, -0.05) is 65.0 Å². The molecule has 3 bridgehead atoms. The summed E-state index contributed by atoms with van der Waals surface area (Å²) in [4.78, 5) is 30.2. The number of rotatable bonds is 12. The van der Waals surface area contributed by atoms with Gasteiger partial charge in [0.2, 0.25) is 0 Å². The topological polar surface area (TPSA) is 101 Å². The van der Waals surface area contributed by atoms with E-state index in [1.165, 1.54) is 0 Å². The highest BCUT2D eigenvalue weighted by molar-refractivity contribution is 5.74. The molecule has 9 heteroatoms. The fourth-order valence-electron chi connectivity index (χ4n) is 6.06. The minimum Gasteiger partial charge on any atom is -0.443 e. The number of fused-ring (bicyclic) bond motifs is 2. The van der Waals surface area contributed by atoms with Crippen LogP contribution in [0, 0.1) is 23.2 Å². The summed E-state index contributed by atoms with van der Waals surface area (Å²) in [6.07, 6.45) is 1.60. The zero-order valence-electron chi connectivity index (χ0n) is 25.8. The van der Waals surface area contributed by atoms with Crippen LogP contribution < -0.4 is 5.32 Å².